The lowest BCUT2D eigenvalue weighted by Crippen LogP contribution is -2.50. The Morgan fingerprint density at radius 3 is 2.06 bits per heavy atom. The van der Waals surface area contributed by atoms with E-state index in [1.54, 1.807) is 20.8 Å². The van der Waals surface area contributed by atoms with E-state index in [-0.39, 0.29) is 48.5 Å². The van der Waals surface area contributed by atoms with Gasteiger partial charge in [0.25, 0.3) is 0 Å². The van der Waals surface area contributed by atoms with Crippen LogP contribution in [0.3, 0.4) is 0 Å². The smallest absolute Gasteiger partial charge is 0.232 e. The summed E-state index contributed by atoms with van der Waals surface area (Å²) in [5.74, 6) is -2.26. The monoisotopic (exact) mass is 525 g/mol. The molecule has 2 aromatic rings. The Labute approximate surface area is 210 Å². The average Bonchev–Trinajstić information content (AvgIpc) is 2.76. The average molecular weight is 526 g/mol. The summed E-state index contributed by atoms with van der Waals surface area (Å²) in [6.07, 6.45) is 2.29. The molecule has 0 N–H and O–H groups in total. The van der Waals surface area contributed by atoms with Gasteiger partial charge in [-0.3, -0.25) is 4.79 Å². The van der Waals surface area contributed by atoms with Gasteiger partial charge in [0.1, 0.15) is 22.1 Å². The third kappa shape index (κ3) is 4.60. The molecule has 4 rings (SSSR count). The highest BCUT2D eigenvalue weighted by atomic mass is 35.5. The zero-order valence-electron chi connectivity index (χ0n) is 20.1. The van der Waals surface area contributed by atoms with Gasteiger partial charge in [0, 0.05) is 29.7 Å². The minimum atomic E-state index is -4.06. The summed E-state index contributed by atoms with van der Waals surface area (Å²) in [5.41, 5.74) is -1.23. The number of nitrogens with zero attached hydrogens (tertiary/aromatic N) is 1. The van der Waals surface area contributed by atoms with Gasteiger partial charge in [-0.15, -0.1) is 0 Å². The van der Waals surface area contributed by atoms with Crippen molar-refractivity contribution in [1.82, 2.24) is 0 Å². The molecule has 190 valence electrons. The van der Waals surface area contributed by atoms with E-state index >= 15 is 8.78 Å². The van der Waals surface area contributed by atoms with E-state index in [0.29, 0.717) is 17.9 Å². The summed E-state index contributed by atoms with van der Waals surface area (Å²) in [4.78, 5) is 14.5. The third-order valence-corrected chi connectivity index (χ3v) is 9.84. The number of carbonyl (C=O) groups excluding carboxylic acids is 1. The molecule has 0 spiro atoms. The second kappa shape index (κ2) is 9.45. The first-order chi connectivity index (χ1) is 16.4. The lowest BCUT2D eigenvalue weighted by molar-refractivity contribution is -0.126. The highest BCUT2D eigenvalue weighted by Crippen LogP contribution is 2.46. The van der Waals surface area contributed by atoms with E-state index in [4.69, 9.17) is 16.3 Å². The molecule has 0 radical (unpaired) electrons. The largest absolute Gasteiger partial charge is 0.381 e. The first-order valence-corrected chi connectivity index (χ1v) is 13.7. The summed E-state index contributed by atoms with van der Waals surface area (Å²) in [7, 11) is -4.06. The van der Waals surface area contributed by atoms with Gasteiger partial charge in [-0.2, -0.15) is 0 Å². The van der Waals surface area contributed by atoms with Gasteiger partial charge in [-0.1, -0.05) is 32.4 Å². The molecule has 0 aromatic heterocycles. The standard InChI is InChI=1S/C26H30ClF2NO4S/c1-25(2,3)24(31)30(19-5-4-6-19)23-21(28)15-17(16-22(23)29)26(11-13-34-14-12-26)35(32,33)20-9-7-18(27)8-10-20/h7-10,15-16,19H,4-6,11-14H2,1-3H3. The van der Waals surface area contributed by atoms with Crippen LogP contribution in [-0.2, 0) is 24.1 Å². The molecule has 2 fully saturated rings. The first-order valence-electron chi connectivity index (χ1n) is 11.8. The van der Waals surface area contributed by atoms with Crippen molar-refractivity contribution < 1.29 is 26.7 Å². The maximum atomic E-state index is 15.7. The topological polar surface area (TPSA) is 63.7 Å². The number of amides is 1. The number of halogens is 3. The van der Waals surface area contributed by atoms with Crippen LogP contribution in [0.1, 0.15) is 58.4 Å². The number of sulfone groups is 1. The summed E-state index contributed by atoms with van der Waals surface area (Å²) in [5, 5.41) is 0.381. The highest BCUT2D eigenvalue weighted by molar-refractivity contribution is 7.92. The maximum Gasteiger partial charge on any atom is 0.232 e. The molecular weight excluding hydrogens is 496 g/mol. The Bertz CT molecular complexity index is 1190. The van der Waals surface area contributed by atoms with E-state index < -0.39 is 37.3 Å². The SMILES string of the molecule is CC(C)(C)C(=O)N(c1c(F)cc(C2(S(=O)(=O)c3ccc(Cl)cc3)CCOCC2)cc1F)C1CCC1. The zero-order chi connectivity index (χ0) is 25.6. The lowest BCUT2D eigenvalue weighted by atomic mass is 9.86. The van der Waals surface area contributed by atoms with Gasteiger partial charge < -0.3 is 9.64 Å². The maximum absolute atomic E-state index is 15.7. The first kappa shape index (κ1) is 26.0. The zero-order valence-corrected chi connectivity index (χ0v) is 21.7. The van der Waals surface area contributed by atoms with Crippen LogP contribution in [-0.4, -0.2) is 33.6 Å². The number of carbonyl (C=O) groups is 1. The lowest BCUT2D eigenvalue weighted by Gasteiger charge is -2.41. The summed E-state index contributed by atoms with van der Waals surface area (Å²) < 4.78 is 63.0. The van der Waals surface area contributed by atoms with Gasteiger partial charge in [-0.05, 0) is 74.1 Å². The predicted molar refractivity (Wildman–Crippen MR) is 131 cm³/mol. The summed E-state index contributed by atoms with van der Waals surface area (Å²) >= 11 is 5.94. The van der Waals surface area contributed by atoms with E-state index in [1.165, 1.54) is 29.2 Å². The van der Waals surface area contributed by atoms with Crippen molar-refractivity contribution in [3.8, 4) is 0 Å². The minimum Gasteiger partial charge on any atom is -0.381 e. The molecule has 35 heavy (non-hydrogen) atoms. The van der Waals surface area contributed by atoms with Crippen LogP contribution in [0.15, 0.2) is 41.3 Å². The fraction of sp³-hybridized carbons (Fsp3) is 0.500. The Morgan fingerprint density at radius 2 is 1.60 bits per heavy atom. The Morgan fingerprint density at radius 1 is 1.06 bits per heavy atom. The second-order valence-electron chi connectivity index (χ2n) is 10.4. The molecule has 5 nitrogen and oxygen atoms in total. The van der Waals surface area contributed by atoms with Crippen LogP contribution in [0, 0.1) is 17.0 Å². The summed E-state index contributed by atoms with van der Waals surface area (Å²) in [6.45, 7) is 5.39. The molecule has 0 atom stereocenters. The van der Waals surface area contributed by atoms with Crippen LogP contribution in [0.4, 0.5) is 14.5 Å². The molecule has 0 bridgehead atoms. The van der Waals surface area contributed by atoms with Crippen molar-refractivity contribution in [3.05, 3.63) is 58.6 Å². The number of ether oxygens (including phenoxy) is 1. The van der Waals surface area contributed by atoms with Gasteiger partial charge in [0.15, 0.2) is 9.84 Å². The molecule has 1 aliphatic heterocycles. The van der Waals surface area contributed by atoms with E-state index in [0.717, 1.165) is 18.6 Å². The predicted octanol–water partition coefficient (Wildman–Crippen LogP) is 6.03. The van der Waals surface area contributed by atoms with Crippen molar-refractivity contribution in [2.45, 2.75) is 68.6 Å². The van der Waals surface area contributed by atoms with Crippen LogP contribution in [0.25, 0.3) is 0 Å². The molecule has 1 amide bonds. The Hall–Kier alpha value is -2.03. The van der Waals surface area contributed by atoms with Gasteiger partial charge in [-0.25, -0.2) is 17.2 Å². The quantitative estimate of drug-likeness (QED) is 0.478. The van der Waals surface area contributed by atoms with Crippen molar-refractivity contribution in [2.24, 2.45) is 5.41 Å². The fourth-order valence-corrected chi connectivity index (χ4v) is 6.97. The number of benzene rings is 2. The molecule has 1 aliphatic carbocycles. The molecule has 1 saturated carbocycles. The molecule has 0 unspecified atom stereocenters. The molecule has 2 aliphatic rings. The van der Waals surface area contributed by atoms with Crippen molar-refractivity contribution in [3.63, 3.8) is 0 Å². The van der Waals surface area contributed by atoms with Crippen molar-refractivity contribution in [1.29, 1.82) is 0 Å². The molecular formula is C26H30ClF2NO4S. The number of hydrogen-bond acceptors (Lipinski definition) is 4. The normalized spacial score (nSPS) is 18.7. The van der Waals surface area contributed by atoms with Gasteiger partial charge in [0.05, 0.1) is 4.90 Å². The molecule has 2 aromatic carbocycles. The van der Waals surface area contributed by atoms with E-state index in [9.17, 15) is 13.2 Å². The van der Waals surface area contributed by atoms with E-state index in [1.807, 2.05) is 0 Å². The number of rotatable bonds is 5. The molecule has 1 saturated heterocycles. The van der Waals surface area contributed by atoms with Crippen molar-refractivity contribution in [2.75, 3.05) is 18.1 Å². The number of anilines is 1. The van der Waals surface area contributed by atoms with Gasteiger partial charge in [0.2, 0.25) is 5.91 Å². The second-order valence-corrected chi connectivity index (χ2v) is 13.1. The molecule has 9 heteroatoms. The molecule has 1 heterocycles. The van der Waals surface area contributed by atoms with Crippen LogP contribution < -0.4 is 4.90 Å². The number of hydrogen-bond donors (Lipinski definition) is 0. The summed E-state index contributed by atoms with van der Waals surface area (Å²) in [6, 6.07) is 7.62. The van der Waals surface area contributed by atoms with Crippen molar-refractivity contribution >= 4 is 33.0 Å². The van der Waals surface area contributed by atoms with Gasteiger partial charge >= 0.3 is 0 Å². The van der Waals surface area contributed by atoms with Crippen LogP contribution >= 0.6 is 11.6 Å². The fourth-order valence-electron chi connectivity index (χ4n) is 4.77. The van der Waals surface area contributed by atoms with Crippen LogP contribution in [0.5, 0.6) is 0 Å². The highest BCUT2D eigenvalue weighted by Gasteiger charge is 2.48. The van der Waals surface area contributed by atoms with E-state index in [2.05, 4.69) is 0 Å². The van der Waals surface area contributed by atoms with Crippen LogP contribution in [0.2, 0.25) is 5.02 Å². The Balaban J connectivity index is 1.85. The third-order valence-electron chi connectivity index (χ3n) is 7.02. The Kier molecular flexibility index (Phi) is 7.03. The minimum absolute atomic E-state index is 0.0197.